The quantitative estimate of drug-likeness (QED) is 0.609. The molecule has 3 aromatic rings. The predicted molar refractivity (Wildman–Crippen MR) is 99.0 cm³/mol. The van der Waals surface area contributed by atoms with Gasteiger partial charge in [-0.2, -0.15) is 0 Å². The summed E-state index contributed by atoms with van der Waals surface area (Å²) in [5.41, 5.74) is 0.764. The summed E-state index contributed by atoms with van der Waals surface area (Å²) in [6.07, 6.45) is 3.30. The number of anilines is 1. The number of nitrogens with one attached hydrogen (secondary N) is 1. The summed E-state index contributed by atoms with van der Waals surface area (Å²) in [5.74, 6) is 1.64. The molecule has 1 atom stereocenters. The van der Waals surface area contributed by atoms with Crippen molar-refractivity contribution in [2.75, 3.05) is 5.32 Å². The molecule has 0 radical (unpaired) electrons. The molecular formula is C18H17ClN2O2S. The summed E-state index contributed by atoms with van der Waals surface area (Å²) >= 11 is 11.8. The Morgan fingerprint density at radius 1 is 1.12 bits per heavy atom. The lowest BCUT2D eigenvalue weighted by atomic mass is 10.2. The van der Waals surface area contributed by atoms with E-state index >= 15 is 0 Å². The molecule has 6 heteroatoms. The Bertz CT molecular complexity index is 787. The number of hydrogen-bond acceptors (Lipinski definition) is 3. The van der Waals surface area contributed by atoms with Gasteiger partial charge >= 0.3 is 0 Å². The van der Waals surface area contributed by atoms with Crippen molar-refractivity contribution in [3.63, 3.8) is 0 Å². The van der Waals surface area contributed by atoms with Crippen LogP contribution in [0.3, 0.4) is 0 Å². The molecular weight excluding hydrogens is 344 g/mol. The first-order valence-electron chi connectivity index (χ1n) is 7.53. The normalized spacial score (nSPS) is 11.9. The standard InChI is InChI=1S/C18H17ClN2O2S/c1-13(17-9-5-11-23-17)21(12-14-6-4-10-22-14)18(24)20-16-8-3-2-7-15(16)19/h2-11,13H,12H2,1H3,(H,20,24)/t13-/m1/s1. The zero-order valence-corrected chi connectivity index (χ0v) is 14.7. The van der Waals surface area contributed by atoms with Gasteiger partial charge in [-0.1, -0.05) is 23.7 Å². The van der Waals surface area contributed by atoms with E-state index in [4.69, 9.17) is 32.7 Å². The zero-order chi connectivity index (χ0) is 16.9. The van der Waals surface area contributed by atoms with Gasteiger partial charge < -0.3 is 19.1 Å². The van der Waals surface area contributed by atoms with Crippen molar-refractivity contribution in [3.8, 4) is 0 Å². The van der Waals surface area contributed by atoms with Gasteiger partial charge in [-0.05, 0) is 55.5 Å². The molecule has 1 N–H and O–H groups in total. The molecule has 0 bridgehead atoms. The van der Waals surface area contributed by atoms with E-state index < -0.39 is 0 Å². The number of halogens is 1. The molecule has 1 aromatic carbocycles. The first-order valence-corrected chi connectivity index (χ1v) is 8.31. The van der Waals surface area contributed by atoms with Crippen molar-refractivity contribution in [2.45, 2.75) is 19.5 Å². The van der Waals surface area contributed by atoms with Crippen molar-refractivity contribution in [1.82, 2.24) is 4.90 Å². The van der Waals surface area contributed by atoms with Gasteiger partial charge in [-0.25, -0.2) is 0 Å². The van der Waals surface area contributed by atoms with Gasteiger partial charge in [0.1, 0.15) is 11.5 Å². The number of furan rings is 2. The molecule has 0 amide bonds. The Hall–Kier alpha value is -2.24. The maximum Gasteiger partial charge on any atom is 0.174 e. The van der Waals surface area contributed by atoms with Crippen molar-refractivity contribution in [2.24, 2.45) is 0 Å². The molecule has 3 rings (SSSR count). The molecule has 2 aromatic heterocycles. The van der Waals surface area contributed by atoms with Crippen LogP contribution in [0.2, 0.25) is 5.02 Å². The highest BCUT2D eigenvalue weighted by Gasteiger charge is 2.22. The fourth-order valence-corrected chi connectivity index (χ4v) is 2.90. The number of thiocarbonyl (C=S) groups is 1. The maximum atomic E-state index is 6.22. The minimum absolute atomic E-state index is 0.0624. The highest BCUT2D eigenvalue weighted by molar-refractivity contribution is 7.80. The van der Waals surface area contributed by atoms with Crippen molar-refractivity contribution in [1.29, 1.82) is 0 Å². The molecule has 2 heterocycles. The van der Waals surface area contributed by atoms with Crippen LogP contribution in [-0.4, -0.2) is 10.0 Å². The summed E-state index contributed by atoms with van der Waals surface area (Å²) in [6.45, 7) is 2.55. The first-order chi connectivity index (χ1) is 11.6. The van der Waals surface area contributed by atoms with Gasteiger partial charge in [0.2, 0.25) is 0 Å². The first kappa shape index (κ1) is 16.6. The van der Waals surface area contributed by atoms with E-state index in [2.05, 4.69) is 5.32 Å². The van der Waals surface area contributed by atoms with Crippen LogP contribution in [-0.2, 0) is 6.54 Å². The van der Waals surface area contributed by atoms with Gasteiger partial charge in [-0.3, -0.25) is 0 Å². The number of para-hydroxylation sites is 1. The molecule has 0 saturated carbocycles. The van der Waals surface area contributed by atoms with Crippen LogP contribution < -0.4 is 5.32 Å². The predicted octanol–water partition coefficient (Wildman–Crippen LogP) is 5.49. The Kier molecular flexibility index (Phi) is 5.23. The molecule has 0 saturated heterocycles. The lowest BCUT2D eigenvalue weighted by Crippen LogP contribution is -2.36. The van der Waals surface area contributed by atoms with E-state index in [0.29, 0.717) is 16.7 Å². The average Bonchev–Trinajstić information content (AvgIpc) is 3.27. The molecule has 0 spiro atoms. The van der Waals surface area contributed by atoms with E-state index in [1.165, 1.54) is 0 Å². The third-order valence-corrected chi connectivity index (χ3v) is 4.37. The minimum Gasteiger partial charge on any atom is -0.467 e. The van der Waals surface area contributed by atoms with Crippen LogP contribution in [0.5, 0.6) is 0 Å². The third kappa shape index (κ3) is 3.80. The number of rotatable bonds is 5. The van der Waals surface area contributed by atoms with Crippen LogP contribution in [0.4, 0.5) is 5.69 Å². The molecule has 124 valence electrons. The minimum atomic E-state index is -0.0624. The second-order valence-corrected chi connectivity index (χ2v) is 6.10. The van der Waals surface area contributed by atoms with Crippen LogP contribution in [0.1, 0.15) is 24.5 Å². The average molecular weight is 361 g/mol. The van der Waals surface area contributed by atoms with Gasteiger partial charge in [0.25, 0.3) is 0 Å². The highest BCUT2D eigenvalue weighted by Crippen LogP contribution is 2.26. The maximum absolute atomic E-state index is 6.22. The van der Waals surface area contributed by atoms with E-state index in [1.807, 2.05) is 60.4 Å². The molecule has 0 aliphatic heterocycles. The van der Waals surface area contributed by atoms with Gasteiger partial charge in [0.15, 0.2) is 5.11 Å². The smallest absolute Gasteiger partial charge is 0.174 e. The Balaban J connectivity index is 1.83. The van der Waals surface area contributed by atoms with E-state index in [-0.39, 0.29) is 6.04 Å². The molecule has 24 heavy (non-hydrogen) atoms. The summed E-state index contributed by atoms with van der Waals surface area (Å²) in [6, 6.07) is 15.0. The van der Waals surface area contributed by atoms with Crippen LogP contribution in [0.25, 0.3) is 0 Å². The van der Waals surface area contributed by atoms with Gasteiger partial charge in [0.05, 0.1) is 35.8 Å². The Labute approximate surface area is 151 Å². The number of hydrogen-bond donors (Lipinski definition) is 1. The van der Waals surface area contributed by atoms with E-state index in [1.54, 1.807) is 12.5 Å². The van der Waals surface area contributed by atoms with Crippen LogP contribution >= 0.6 is 23.8 Å². The summed E-state index contributed by atoms with van der Waals surface area (Å²) in [7, 11) is 0. The third-order valence-electron chi connectivity index (χ3n) is 3.71. The van der Waals surface area contributed by atoms with Crippen molar-refractivity contribution >= 4 is 34.6 Å². The number of nitrogens with zero attached hydrogens (tertiary/aromatic N) is 1. The Morgan fingerprint density at radius 2 is 1.88 bits per heavy atom. The Morgan fingerprint density at radius 3 is 2.54 bits per heavy atom. The van der Waals surface area contributed by atoms with Crippen molar-refractivity contribution < 1.29 is 8.83 Å². The largest absolute Gasteiger partial charge is 0.467 e. The summed E-state index contributed by atoms with van der Waals surface area (Å²) in [4.78, 5) is 2.00. The SMILES string of the molecule is C[C@H](c1ccco1)N(Cc1ccco1)C(=S)Nc1ccccc1Cl. The molecule has 0 fully saturated rings. The lowest BCUT2D eigenvalue weighted by Gasteiger charge is -2.30. The molecule has 0 unspecified atom stereocenters. The van der Waals surface area contributed by atoms with Crippen molar-refractivity contribution in [3.05, 3.63) is 77.6 Å². The second kappa shape index (κ2) is 7.55. The van der Waals surface area contributed by atoms with Gasteiger partial charge in [0, 0.05) is 0 Å². The van der Waals surface area contributed by atoms with Crippen LogP contribution in [0.15, 0.2) is 69.9 Å². The van der Waals surface area contributed by atoms with E-state index in [9.17, 15) is 0 Å². The van der Waals surface area contributed by atoms with Crippen LogP contribution in [0, 0.1) is 0 Å². The molecule has 4 nitrogen and oxygen atoms in total. The second-order valence-electron chi connectivity index (χ2n) is 5.31. The number of benzene rings is 1. The van der Waals surface area contributed by atoms with E-state index in [0.717, 1.165) is 17.2 Å². The lowest BCUT2D eigenvalue weighted by molar-refractivity contribution is 0.269. The highest BCUT2D eigenvalue weighted by atomic mass is 35.5. The fourth-order valence-electron chi connectivity index (χ4n) is 2.39. The topological polar surface area (TPSA) is 41.6 Å². The molecule has 0 aliphatic carbocycles. The molecule has 0 aliphatic rings. The fraction of sp³-hybridized carbons (Fsp3) is 0.167. The monoisotopic (exact) mass is 360 g/mol. The zero-order valence-electron chi connectivity index (χ0n) is 13.1. The summed E-state index contributed by atoms with van der Waals surface area (Å²) < 4.78 is 11.0. The van der Waals surface area contributed by atoms with Gasteiger partial charge in [-0.15, -0.1) is 0 Å². The summed E-state index contributed by atoms with van der Waals surface area (Å²) in [5, 5.41) is 4.37.